The second kappa shape index (κ2) is 18.0. The molecular weight excluding hydrogens is 228 g/mol. The summed E-state index contributed by atoms with van der Waals surface area (Å²) in [6.07, 6.45) is 25.9. The van der Waals surface area contributed by atoms with Crippen molar-refractivity contribution in [3.05, 3.63) is 6.42 Å². The fourth-order valence-corrected chi connectivity index (χ4v) is 2.54. The first kappa shape index (κ1) is 19.0. The normalized spacial score (nSPS) is 11.1. The Morgan fingerprint density at radius 3 is 1.11 bits per heavy atom. The van der Waals surface area contributed by atoms with Crippen LogP contribution in [0.25, 0.3) is 0 Å². The highest BCUT2D eigenvalue weighted by Crippen LogP contribution is 2.13. The molecule has 0 saturated carbocycles. The van der Waals surface area contributed by atoms with Crippen molar-refractivity contribution in [2.75, 3.05) is 0 Å². The molecule has 0 rings (SSSR count). The van der Waals surface area contributed by atoms with E-state index in [1.807, 2.05) is 0 Å². The van der Waals surface area contributed by atoms with Gasteiger partial charge < -0.3 is 0 Å². The Bertz CT molecular complexity index is 123. The first-order chi connectivity index (χ1) is 9.41. The third kappa shape index (κ3) is 18.0. The quantitative estimate of drug-likeness (QED) is 0.256. The summed E-state index contributed by atoms with van der Waals surface area (Å²) >= 11 is 0. The monoisotopic (exact) mass is 266 g/mol. The molecule has 0 amide bonds. The van der Waals surface area contributed by atoms with Gasteiger partial charge in [-0.1, -0.05) is 104 Å². The summed E-state index contributed by atoms with van der Waals surface area (Å²) in [4.78, 5) is 0. The lowest BCUT2D eigenvalue weighted by molar-refractivity contribution is 0.568. The van der Waals surface area contributed by atoms with Crippen LogP contribution >= 0.6 is 0 Å². The number of unbranched alkanes of at least 4 members (excludes halogenated alkanes) is 16. The van der Waals surface area contributed by atoms with Gasteiger partial charge in [-0.2, -0.15) is 0 Å². The maximum atomic E-state index is 3.59. The average molecular weight is 267 g/mol. The van der Waals surface area contributed by atoms with Gasteiger partial charge in [0.1, 0.15) is 0 Å². The summed E-state index contributed by atoms with van der Waals surface area (Å²) < 4.78 is 0. The van der Waals surface area contributed by atoms with Gasteiger partial charge in [0.05, 0.1) is 0 Å². The van der Waals surface area contributed by atoms with Crippen molar-refractivity contribution >= 4 is 0 Å². The van der Waals surface area contributed by atoms with Gasteiger partial charge >= 0.3 is 0 Å². The van der Waals surface area contributed by atoms with Crippen LogP contribution in [0.4, 0.5) is 0 Å². The highest BCUT2D eigenvalue weighted by Gasteiger charge is 1.94. The third-order valence-electron chi connectivity index (χ3n) is 3.91. The Labute approximate surface area is 123 Å². The van der Waals surface area contributed by atoms with E-state index in [1.165, 1.54) is 103 Å². The van der Waals surface area contributed by atoms with Crippen LogP contribution in [-0.4, -0.2) is 0 Å². The zero-order valence-corrected chi connectivity index (χ0v) is 13.8. The lowest BCUT2D eigenvalue weighted by atomic mass is 10.0. The lowest BCUT2D eigenvalue weighted by Crippen LogP contribution is -1.84. The molecule has 114 valence electrons. The maximum Gasteiger partial charge on any atom is -0.0173 e. The Hall–Kier alpha value is 0. The van der Waals surface area contributed by atoms with E-state index in [0.717, 1.165) is 0 Å². The number of hydrogen-bond acceptors (Lipinski definition) is 0. The van der Waals surface area contributed by atoms with Crippen LogP contribution in [0.1, 0.15) is 117 Å². The summed E-state index contributed by atoms with van der Waals surface area (Å²) in [6, 6.07) is 0. The Kier molecular flexibility index (Phi) is 18.0. The van der Waals surface area contributed by atoms with Gasteiger partial charge in [-0.05, 0) is 19.3 Å². The fraction of sp³-hybridized carbons (Fsp3) is 0.947. The average Bonchev–Trinajstić information content (AvgIpc) is 2.43. The first-order valence-corrected chi connectivity index (χ1v) is 9.12. The molecule has 0 heterocycles. The van der Waals surface area contributed by atoms with Crippen LogP contribution in [0.3, 0.4) is 0 Å². The van der Waals surface area contributed by atoms with Crippen LogP contribution in [0.15, 0.2) is 0 Å². The second-order valence-electron chi connectivity index (χ2n) is 5.99. The van der Waals surface area contributed by atoms with Gasteiger partial charge in [-0.25, -0.2) is 0 Å². The Morgan fingerprint density at radius 1 is 0.421 bits per heavy atom. The molecule has 19 heavy (non-hydrogen) atoms. The van der Waals surface area contributed by atoms with E-state index in [2.05, 4.69) is 20.3 Å². The smallest absolute Gasteiger partial charge is 0.0173 e. The number of rotatable bonds is 16. The topological polar surface area (TPSA) is 0 Å². The molecule has 0 saturated heterocycles. The van der Waals surface area contributed by atoms with Crippen molar-refractivity contribution in [3.8, 4) is 0 Å². The molecule has 0 aromatic heterocycles. The predicted molar refractivity (Wildman–Crippen MR) is 88.5 cm³/mol. The van der Waals surface area contributed by atoms with E-state index in [-0.39, 0.29) is 0 Å². The summed E-state index contributed by atoms with van der Waals surface area (Å²) in [5, 5.41) is 0. The van der Waals surface area contributed by atoms with E-state index in [1.54, 1.807) is 0 Å². The van der Waals surface area contributed by atoms with Gasteiger partial charge in [0.25, 0.3) is 0 Å². The van der Waals surface area contributed by atoms with Crippen molar-refractivity contribution in [1.29, 1.82) is 0 Å². The van der Waals surface area contributed by atoms with Gasteiger partial charge in [0, 0.05) is 0 Å². The Morgan fingerprint density at radius 2 is 0.737 bits per heavy atom. The van der Waals surface area contributed by atoms with E-state index in [4.69, 9.17) is 0 Å². The van der Waals surface area contributed by atoms with Crippen molar-refractivity contribution in [2.24, 2.45) is 0 Å². The molecule has 0 unspecified atom stereocenters. The summed E-state index contributed by atoms with van der Waals surface area (Å²) in [6.45, 7) is 4.57. The molecule has 0 aliphatic carbocycles. The molecule has 0 fully saturated rings. The van der Waals surface area contributed by atoms with Crippen LogP contribution in [-0.2, 0) is 0 Å². The van der Waals surface area contributed by atoms with Crippen molar-refractivity contribution < 1.29 is 0 Å². The van der Waals surface area contributed by atoms with Gasteiger partial charge in [0.2, 0.25) is 0 Å². The van der Waals surface area contributed by atoms with E-state index < -0.39 is 0 Å². The van der Waals surface area contributed by atoms with Crippen molar-refractivity contribution in [2.45, 2.75) is 117 Å². The van der Waals surface area contributed by atoms with Crippen LogP contribution in [0, 0.1) is 6.42 Å². The molecule has 0 aliphatic heterocycles. The minimum Gasteiger partial charge on any atom is -0.0654 e. The molecular formula is C19H38. The van der Waals surface area contributed by atoms with Crippen LogP contribution in [0.2, 0.25) is 0 Å². The van der Waals surface area contributed by atoms with Crippen LogP contribution in [0.5, 0.6) is 0 Å². The molecule has 0 heteroatoms. The second-order valence-corrected chi connectivity index (χ2v) is 5.99. The third-order valence-corrected chi connectivity index (χ3v) is 3.91. The minimum absolute atomic E-state index is 1.24. The van der Waals surface area contributed by atoms with E-state index in [0.29, 0.717) is 0 Å². The molecule has 0 aromatic carbocycles. The molecule has 0 atom stereocenters. The summed E-state index contributed by atoms with van der Waals surface area (Å²) in [5.41, 5.74) is 0. The fourth-order valence-electron chi connectivity index (χ4n) is 2.54. The SMILES string of the molecule is CCCCCCCCC[C]CCCCCCCCC. The molecule has 0 N–H and O–H groups in total. The van der Waals surface area contributed by atoms with Gasteiger partial charge in [-0.15, -0.1) is 0 Å². The zero-order chi connectivity index (χ0) is 14.0. The first-order valence-electron chi connectivity index (χ1n) is 9.12. The zero-order valence-electron chi connectivity index (χ0n) is 13.8. The molecule has 0 bridgehead atoms. The Balaban J connectivity index is 2.88. The largest absolute Gasteiger partial charge is 0.0654 e. The molecule has 0 aromatic rings. The van der Waals surface area contributed by atoms with Crippen molar-refractivity contribution in [3.63, 3.8) is 0 Å². The molecule has 0 aliphatic rings. The standard InChI is InChI=1S/C19H38/c1-3-5-7-9-11-13-15-17-19-18-16-14-12-10-8-6-4-2/h3-18H2,1-2H3. The van der Waals surface area contributed by atoms with Crippen molar-refractivity contribution in [1.82, 2.24) is 0 Å². The minimum atomic E-state index is 1.24. The van der Waals surface area contributed by atoms with Gasteiger partial charge in [-0.3, -0.25) is 0 Å². The van der Waals surface area contributed by atoms with E-state index >= 15 is 0 Å². The highest BCUT2D eigenvalue weighted by atomic mass is 14.0. The van der Waals surface area contributed by atoms with Gasteiger partial charge in [0.15, 0.2) is 0 Å². The molecule has 2 radical (unpaired) electrons. The lowest BCUT2D eigenvalue weighted by Gasteiger charge is -2.02. The summed E-state index contributed by atoms with van der Waals surface area (Å²) in [7, 11) is 0. The predicted octanol–water partition coefficient (Wildman–Crippen LogP) is 7.35. The maximum absolute atomic E-state index is 3.59. The molecule has 0 spiro atoms. The number of hydrogen-bond donors (Lipinski definition) is 0. The summed E-state index contributed by atoms with van der Waals surface area (Å²) in [5.74, 6) is 0. The molecule has 0 nitrogen and oxygen atoms in total. The highest BCUT2D eigenvalue weighted by molar-refractivity contribution is 4.64. The van der Waals surface area contributed by atoms with E-state index in [9.17, 15) is 0 Å². The van der Waals surface area contributed by atoms with Crippen LogP contribution < -0.4 is 0 Å².